The molecule has 0 saturated carbocycles. The van der Waals surface area contributed by atoms with Gasteiger partial charge in [0.25, 0.3) is 0 Å². The third-order valence-electron chi connectivity index (χ3n) is 3.95. The first-order valence-corrected chi connectivity index (χ1v) is 7.53. The zero-order valence-electron chi connectivity index (χ0n) is 14.2. The first kappa shape index (κ1) is 15.2. The highest BCUT2D eigenvalue weighted by molar-refractivity contribution is 5.85. The second kappa shape index (κ2) is 5.62. The van der Waals surface area contributed by atoms with Crippen LogP contribution in [0.4, 0.5) is 0 Å². The van der Waals surface area contributed by atoms with Crippen LogP contribution in [0.1, 0.15) is 5.82 Å². The summed E-state index contributed by atoms with van der Waals surface area (Å²) in [5.41, 5.74) is 2.74. The molecule has 0 fully saturated rings. The Bertz CT molecular complexity index is 1060. The zero-order chi connectivity index (χ0) is 17.6. The maximum absolute atomic E-state index is 5.40. The molecular weight excluding hydrogens is 324 g/mol. The standard InChI is InChI=1S/C16H16N6O3/c1-8-19-15-12(17-7-18-15)16-20-14(21-22(8)16)9-5-10(23-2)13(25-4)11(6-9)24-3/h5-7H,1-4H3,(H,17,18). The Hall–Kier alpha value is -3.36. The molecule has 0 aliphatic heterocycles. The number of hydrogen-bond acceptors (Lipinski definition) is 7. The van der Waals surface area contributed by atoms with E-state index in [0.29, 0.717) is 40.2 Å². The summed E-state index contributed by atoms with van der Waals surface area (Å²) >= 11 is 0. The fourth-order valence-corrected chi connectivity index (χ4v) is 2.77. The summed E-state index contributed by atoms with van der Waals surface area (Å²) < 4.78 is 17.8. The summed E-state index contributed by atoms with van der Waals surface area (Å²) in [6.07, 6.45) is 1.59. The number of rotatable bonds is 4. The van der Waals surface area contributed by atoms with Crippen LogP contribution in [-0.2, 0) is 0 Å². The van der Waals surface area contributed by atoms with Crippen LogP contribution in [0.3, 0.4) is 0 Å². The largest absolute Gasteiger partial charge is 0.493 e. The van der Waals surface area contributed by atoms with Crippen LogP contribution in [0.5, 0.6) is 17.2 Å². The van der Waals surface area contributed by atoms with Crippen LogP contribution in [-0.4, -0.2) is 50.9 Å². The topological polar surface area (TPSA) is 99.5 Å². The summed E-state index contributed by atoms with van der Waals surface area (Å²) in [4.78, 5) is 16.3. The minimum Gasteiger partial charge on any atom is -0.493 e. The molecule has 0 aliphatic rings. The van der Waals surface area contributed by atoms with Gasteiger partial charge in [0.05, 0.1) is 27.7 Å². The number of aromatic amines is 1. The lowest BCUT2D eigenvalue weighted by atomic mass is 10.1. The molecule has 0 amide bonds. The van der Waals surface area contributed by atoms with E-state index in [2.05, 4.69) is 25.0 Å². The number of benzene rings is 1. The lowest BCUT2D eigenvalue weighted by molar-refractivity contribution is 0.324. The van der Waals surface area contributed by atoms with Crippen molar-refractivity contribution in [3.05, 3.63) is 24.3 Å². The van der Waals surface area contributed by atoms with Crippen molar-refractivity contribution in [2.45, 2.75) is 6.92 Å². The van der Waals surface area contributed by atoms with Gasteiger partial charge in [-0.1, -0.05) is 0 Å². The van der Waals surface area contributed by atoms with Crippen molar-refractivity contribution < 1.29 is 14.2 Å². The molecule has 0 bridgehead atoms. The number of ether oxygens (including phenoxy) is 3. The molecule has 3 aromatic heterocycles. The van der Waals surface area contributed by atoms with E-state index in [9.17, 15) is 0 Å². The fourth-order valence-electron chi connectivity index (χ4n) is 2.77. The Morgan fingerprint density at radius 1 is 1.00 bits per heavy atom. The van der Waals surface area contributed by atoms with Crippen molar-refractivity contribution in [2.24, 2.45) is 0 Å². The van der Waals surface area contributed by atoms with E-state index in [4.69, 9.17) is 14.2 Å². The minimum absolute atomic E-state index is 0.520. The van der Waals surface area contributed by atoms with Crippen LogP contribution in [0.15, 0.2) is 18.5 Å². The quantitative estimate of drug-likeness (QED) is 0.606. The molecule has 1 aromatic carbocycles. The summed E-state index contributed by atoms with van der Waals surface area (Å²) in [5.74, 6) is 2.81. The van der Waals surface area contributed by atoms with Gasteiger partial charge >= 0.3 is 0 Å². The summed E-state index contributed by atoms with van der Waals surface area (Å²) in [6, 6.07) is 3.62. The fraction of sp³-hybridized carbons (Fsp3) is 0.250. The summed E-state index contributed by atoms with van der Waals surface area (Å²) in [5, 5.41) is 4.56. The third kappa shape index (κ3) is 2.24. The Morgan fingerprint density at radius 3 is 2.36 bits per heavy atom. The molecule has 0 atom stereocenters. The highest BCUT2D eigenvalue weighted by Gasteiger charge is 2.18. The number of imidazole rings is 1. The summed E-state index contributed by atoms with van der Waals surface area (Å²) in [7, 11) is 4.70. The van der Waals surface area contributed by atoms with Gasteiger partial charge in [0.15, 0.2) is 28.6 Å². The van der Waals surface area contributed by atoms with Gasteiger partial charge in [-0.05, 0) is 19.1 Å². The zero-order valence-corrected chi connectivity index (χ0v) is 14.2. The highest BCUT2D eigenvalue weighted by atomic mass is 16.5. The molecule has 4 aromatic rings. The number of fused-ring (bicyclic) bond motifs is 3. The molecule has 3 heterocycles. The van der Waals surface area contributed by atoms with Gasteiger partial charge in [0.2, 0.25) is 5.75 Å². The molecule has 128 valence electrons. The third-order valence-corrected chi connectivity index (χ3v) is 3.95. The van der Waals surface area contributed by atoms with Gasteiger partial charge in [-0.15, -0.1) is 5.10 Å². The van der Waals surface area contributed by atoms with E-state index >= 15 is 0 Å². The first-order chi connectivity index (χ1) is 12.2. The number of aromatic nitrogens is 6. The van der Waals surface area contributed by atoms with Crippen molar-refractivity contribution in [3.63, 3.8) is 0 Å². The van der Waals surface area contributed by atoms with Crippen LogP contribution in [0.2, 0.25) is 0 Å². The van der Waals surface area contributed by atoms with E-state index in [-0.39, 0.29) is 0 Å². The Balaban J connectivity index is 1.97. The van der Waals surface area contributed by atoms with Crippen LogP contribution < -0.4 is 14.2 Å². The smallest absolute Gasteiger partial charge is 0.203 e. The molecule has 0 aliphatic carbocycles. The Morgan fingerprint density at radius 2 is 1.72 bits per heavy atom. The van der Waals surface area contributed by atoms with Crippen molar-refractivity contribution in [1.29, 1.82) is 0 Å². The molecule has 4 rings (SSSR count). The van der Waals surface area contributed by atoms with E-state index in [1.165, 1.54) is 0 Å². The van der Waals surface area contributed by atoms with Crippen molar-refractivity contribution in [3.8, 4) is 28.6 Å². The molecule has 0 saturated heterocycles. The van der Waals surface area contributed by atoms with E-state index < -0.39 is 0 Å². The highest BCUT2D eigenvalue weighted by Crippen LogP contribution is 2.40. The van der Waals surface area contributed by atoms with Gasteiger partial charge < -0.3 is 19.2 Å². The predicted molar refractivity (Wildman–Crippen MR) is 90.3 cm³/mol. The first-order valence-electron chi connectivity index (χ1n) is 7.53. The van der Waals surface area contributed by atoms with E-state index in [1.54, 1.807) is 32.2 Å². The van der Waals surface area contributed by atoms with Gasteiger partial charge in [-0.25, -0.2) is 15.0 Å². The van der Waals surface area contributed by atoms with Crippen LogP contribution >= 0.6 is 0 Å². The van der Waals surface area contributed by atoms with Crippen LogP contribution in [0.25, 0.3) is 28.2 Å². The maximum atomic E-state index is 5.40. The number of nitrogens with one attached hydrogen (secondary N) is 1. The molecule has 9 heteroatoms. The van der Waals surface area contributed by atoms with Crippen LogP contribution in [0, 0.1) is 6.92 Å². The number of hydrogen-bond donors (Lipinski definition) is 1. The van der Waals surface area contributed by atoms with Gasteiger partial charge in [0, 0.05) is 5.56 Å². The monoisotopic (exact) mass is 340 g/mol. The molecule has 1 N–H and O–H groups in total. The second-order valence-electron chi connectivity index (χ2n) is 5.34. The molecular formula is C16H16N6O3. The SMILES string of the molecule is COc1cc(-c2nc3c4[nH]cnc4nc(C)n3n2)cc(OC)c1OC. The van der Waals surface area contributed by atoms with E-state index in [0.717, 1.165) is 11.1 Å². The Labute approximate surface area is 142 Å². The van der Waals surface area contributed by atoms with Crippen molar-refractivity contribution in [1.82, 2.24) is 29.5 Å². The molecule has 0 unspecified atom stereocenters. The number of nitrogens with zero attached hydrogens (tertiary/aromatic N) is 5. The minimum atomic E-state index is 0.520. The predicted octanol–water partition coefficient (Wildman–Crippen LogP) is 2.00. The van der Waals surface area contributed by atoms with Gasteiger partial charge in [0.1, 0.15) is 11.3 Å². The van der Waals surface area contributed by atoms with Gasteiger partial charge in [-0.2, -0.15) is 4.52 Å². The lowest BCUT2D eigenvalue weighted by Crippen LogP contribution is -1.98. The van der Waals surface area contributed by atoms with Crippen molar-refractivity contribution >= 4 is 16.8 Å². The molecule has 0 radical (unpaired) electrons. The molecule has 25 heavy (non-hydrogen) atoms. The number of H-pyrrole nitrogens is 1. The normalized spacial score (nSPS) is 11.2. The number of aryl methyl sites for hydroxylation is 1. The Kier molecular flexibility index (Phi) is 3.41. The van der Waals surface area contributed by atoms with E-state index in [1.807, 2.05) is 19.1 Å². The van der Waals surface area contributed by atoms with Crippen molar-refractivity contribution in [2.75, 3.05) is 21.3 Å². The summed E-state index contributed by atoms with van der Waals surface area (Å²) in [6.45, 7) is 1.86. The average Bonchev–Trinajstić information content (AvgIpc) is 3.27. The maximum Gasteiger partial charge on any atom is 0.203 e. The number of methoxy groups -OCH3 is 3. The average molecular weight is 340 g/mol. The molecule has 9 nitrogen and oxygen atoms in total. The second-order valence-corrected chi connectivity index (χ2v) is 5.34. The lowest BCUT2D eigenvalue weighted by Gasteiger charge is -2.12. The van der Waals surface area contributed by atoms with Gasteiger partial charge in [-0.3, -0.25) is 0 Å². The molecule has 0 spiro atoms.